The van der Waals surface area contributed by atoms with Crippen molar-refractivity contribution in [1.29, 1.82) is 0 Å². The van der Waals surface area contributed by atoms with Crippen LogP contribution in [0.5, 0.6) is 0 Å². The number of carbonyl (C=O) groups is 3. The summed E-state index contributed by atoms with van der Waals surface area (Å²) in [7, 11) is 0. The summed E-state index contributed by atoms with van der Waals surface area (Å²) in [4.78, 5) is 44.7. The average Bonchev–Trinajstić information content (AvgIpc) is 3.50. The highest BCUT2D eigenvalue weighted by Crippen LogP contribution is 2.33. The Labute approximate surface area is 285 Å². The molecule has 0 saturated heterocycles. The Balaban J connectivity index is 1.25. The van der Waals surface area contributed by atoms with Crippen LogP contribution in [0.2, 0.25) is 10.0 Å². The lowest BCUT2D eigenvalue weighted by Gasteiger charge is -2.14. The molecule has 5 aromatic rings. The highest BCUT2D eigenvalue weighted by Gasteiger charge is 2.19. The Bertz CT molecular complexity index is 1910. The number of carbonyl (C=O) groups excluding carboxylic acids is 3. The largest absolute Gasteiger partial charge is 0.321 e. The Morgan fingerprint density at radius 2 is 1.65 bits per heavy atom. The standard InChI is InChI=1S/C35H28Cl2N4O3S2/c1-21-11-13-23(14-12-21)17-30(39-33(43)24-7-4-3-5-8-24)34(44)38-26-9-6-10-27(19-26)46-22(2)32(42)41-35-40-31(20-45-35)28-16-15-25(36)18-29(28)37/h3-20,22H,1-2H3,(H,38,44)(H,39,43)(H,40,41,42)/b30-17-. The molecule has 0 radical (unpaired) electrons. The quantitative estimate of drug-likeness (QED) is 0.101. The summed E-state index contributed by atoms with van der Waals surface area (Å²) < 4.78 is 0. The van der Waals surface area contributed by atoms with E-state index in [0.29, 0.717) is 32.1 Å². The molecule has 1 unspecified atom stereocenters. The number of hydrogen-bond donors (Lipinski definition) is 3. The fraction of sp³-hybridized carbons (Fsp3) is 0.0857. The Hall–Kier alpha value is -4.41. The molecule has 11 heteroatoms. The van der Waals surface area contributed by atoms with Crippen molar-refractivity contribution in [2.75, 3.05) is 10.6 Å². The fourth-order valence-electron chi connectivity index (χ4n) is 4.23. The van der Waals surface area contributed by atoms with Gasteiger partial charge in [-0.3, -0.25) is 14.4 Å². The monoisotopic (exact) mass is 686 g/mol. The second-order valence-electron chi connectivity index (χ2n) is 10.2. The summed E-state index contributed by atoms with van der Waals surface area (Å²) in [6, 6.07) is 28.6. The third kappa shape index (κ3) is 8.86. The summed E-state index contributed by atoms with van der Waals surface area (Å²) in [6.45, 7) is 3.76. The topological polar surface area (TPSA) is 100 Å². The second kappa shape index (κ2) is 15.2. The van der Waals surface area contributed by atoms with Crippen LogP contribution in [0.25, 0.3) is 17.3 Å². The van der Waals surface area contributed by atoms with Gasteiger partial charge in [0.25, 0.3) is 11.8 Å². The first-order valence-corrected chi connectivity index (χ1v) is 16.6. The molecule has 0 aliphatic rings. The zero-order chi connectivity index (χ0) is 32.6. The first-order valence-electron chi connectivity index (χ1n) is 14.1. The van der Waals surface area contributed by atoms with Gasteiger partial charge in [0.2, 0.25) is 5.91 Å². The van der Waals surface area contributed by atoms with E-state index in [-0.39, 0.29) is 11.6 Å². The van der Waals surface area contributed by atoms with Gasteiger partial charge in [0, 0.05) is 32.1 Å². The van der Waals surface area contributed by atoms with Crippen LogP contribution >= 0.6 is 46.3 Å². The number of thioether (sulfide) groups is 1. The molecule has 3 amide bonds. The highest BCUT2D eigenvalue weighted by molar-refractivity contribution is 8.00. The average molecular weight is 688 g/mol. The van der Waals surface area contributed by atoms with Gasteiger partial charge < -0.3 is 16.0 Å². The number of rotatable bonds is 10. The summed E-state index contributed by atoms with van der Waals surface area (Å²) in [5.74, 6) is -1.12. The molecule has 0 bridgehead atoms. The van der Waals surface area contributed by atoms with Crippen LogP contribution in [0.4, 0.5) is 10.8 Å². The van der Waals surface area contributed by atoms with Crippen molar-refractivity contribution >= 4 is 80.9 Å². The number of anilines is 2. The highest BCUT2D eigenvalue weighted by atomic mass is 35.5. The van der Waals surface area contributed by atoms with Gasteiger partial charge in [0.05, 0.1) is 16.0 Å². The fourth-order valence-corrected chi connectivity index (χ4v) is 6.38. The molecule has 1 atom stereocenters. The minimum Gasteiger partial charge on any atom is -0.321 e. The number of thiazole rings is 1. The molecule has 0 aliphatic heterocycles. The minimum absolute atomic E-state index is 0.0891. The van der Waals surface area contributed by atoms with Gasteiger partial charge in [-0.2, -0.15) is 0 Å². The van der Waals surface area contributed by atoms with Crippen molar-refractivity contribution in [3.05, 3.63) is 135 Å². The van der Waals surface area contributed by atoms with Crippen LogP contribution in [-0.2, 0) is 9.59 Å². The van der Waals surface area contributed by atoms with Crippen LogP contribution in [0.1, 0.15) is 28.4 Å². The molecule has 0 saturated carbocycles. The number of amides is 3. The predicted octanol–water partition coefficient (Wildman–Crippen LogP) is 8.95. The zero-order valence-electron chi connectivity index (χ0n) is 24.7. The van der Waals surface area contributed by atoms with Crippen LogP contribution in [0.3, 0.4) is 0 Å². The number of nitrogens with one attached hydrogen (secondary N) is 3. The van der Waals surface area contributed by atoms with E-state index in [1.54, 1.807) is 73.7 Å². The van der Waals surface area contributed by atoms with E-state index in [1.807, 2.05) is 48.7 Å². The molecule has 7 nitrogen and oxygen atoms in total. The Morgan fingerprint density at radius 3 is 2.39 bits per heavy atom. The number of hydrogen-bond acceptors (Lipinski definition) is 6. The molecule has 5 rings (SSSR count). The van der Waals surface area contributed by atoms with Crippen LogP contribution < -0.4 is 16.0 Å². The number of aromatic nitrogens is 1. The molecule has 0 fully saturated rings. The third-order valence-corrected chi connectivity index (χ3v) is 9.03. The van der Waals surface area contributed by atoms with Crippen molar-refractivity contribution in [2.45, 2.75) is 24.0 Å². The van der Waals surface area contributed by atoms with Gasteiger partial charge in [0.15, 0.2) is 5.13 Å². The lowest BCUT2D eigenvalue weighted by Crippen LogP contribution is -2.30. The number of nitrogens with zero attached hydrogens (tertiary/aromatic N) is 1. The normalized spacial score (nSPS) is 11.9. The summed E-state index contributed by atoms with van der Waals surface area (Å²) in [5, 5.41) is 11.3. The predicted molar refractivity (Wildman–Crippen MR) is 190 cm³/mol. The molecule has 4 aromatic carbocycles. The molecule has 46 heavy (non-hydrogen) atoms. The van der Waals surface area contributed by atoms with E-state index in [9.17, 15) is 14.4 Å². The van der Waals surface area contributed by atoms with Crippen molar-refractivity contribution < 1.29 is 14.4 Å². The van der Waals surface area contributed by atoms with E-state index < -0.39 is 17.1 Å². The van der Waals surface area contributed by atoms with E-state index >= 15 is 0 Å². The maximum absolute atomic E-state index is 13.5. The number of halogens is 2. The lowest BCUT2D eigenvalue weighted by molar-refractivity contribution is -0.115. The maximum Gasteiger partial charge on any atom is 0.272 e. The number of benzene rings is 4. The van der Waals surface area contributed by atoms with Gasteiger partial charge in [-0.05, 0) is 74.0 Å². The molecule has 0 aliphatic carbocycles. The Morgan fingerprint density at radius 1 is 0.891 bits per heavy atom. The van der Waals surface area contributed by atoms with Gasteiger partial charge >= 0.3 is 0 Å². The van der Waals surface area contributed by atoms with E-state index in [0.717, 1.165) is 21.6 Å². The third-order valence-electron chi connectivity index (χ3n) is 6.63. The van der Waals surface area contributed by atoms with E-state index in [2.05, 4.69) is 20.9 Å². The summed E-state index contributed by atoms with van der Waals surface area (Å²) >= 11 is 14.9. The summed E-state index contributed by atoms with van der Waals surface area (Å²) in [5.41, 5.74) is 4.23. The first-order chi connectivity index (χ1) is 22.1. The van der Waals surface area contributed by atoms with Gasteiger partial charge in [-0.15, -0.1) is 23.1 Å². The van der Waals surface area contributed by atoms with Gasteiger partial charge in [0.1, 0.15) is 5.70 Å². The van der Waals surface area contributed by atoms with Crippen molar-refractivity contribution in [3.8, 4) is 11.3 Å². The lowest BCUT2D eigenvalue weighted by atomic mass is 10.1. The van der Waals surface area contributed by atoms with Crippen molar-refractivity contribution in [2.24, 2.45) is 0 Å². The molecule has 0 spiro atoms. The van der Waals surface area contributed by atoms with Gasteiger partial charge in [-0.1, -0.05) is 77.3 Å². The SMILES string of the molecule is Cc1ccc(/C=C(\NC(=O)c2ccccc2)C(=O)Nc2cccc(SC(C)C(=O)Nc3nc(-c4ccc(Cl)cc4Cl)cs3)c2)cc1. The minimum atomic E-state index is -0.488. The molecule has 3 N–H and O–H groups in total. The number of aryl methyl sites for hydroxylation is 1. The molecular weight excluding hydrogens is 659 g/mol. The van der Waals surface area contributed by atoms with Crippen LogP contribution in [-0.4, -0.2) is 28.0 Å². The smallest absolute Gasteiger partial charge is 0.272 e. The molecule has 1 aromatic heterocycles. The van der Waals surface area contributed by atoms with Crippen LogP contribution in [0, 0.1) is 6.92 Å². The van der Waals surface area contributed by atoms with Gasteiger partial charge in [-0.25, -0.2) is 4.98 Å². The summed E-state index contributed by atoms with van der Waals surface area (Å²) in [6.07, 6.45) is 1.63. The van der Waals surface area contributed by atoms with Crippen molar-refractivity contribution in [1.82, 2.24) is 10.3 Å². The molecule has 232 valence electrons. The Kier molecular flexibility index (Phi) is 10.9. The molecule has 1 heterocycles. The molecular formula is C35H28Cl2N4O3S2. The maximum atomic E-state index is 13.5. The first kappa shape index (κ1) is 33.0. The van der Waals surface area contributed by atoms with E-state index in [4.69, 9.17) is 23.2 Å². The van der Waals surface area contributed by atoms with Crippen molar-refractivity contribution in [3.63, 3.8) is 0 Å². The second-order valence-corrected chi connectivity index (χ2v) is 13.3. The van der Waals surface area contributed by atoms with E-state index in [1.165, 1.54) is 23.1 Å². The zero-order valence-corrected chi connectivity index (χ0v) is 27.9. The van der Waals surface area contributed by atoms with Crippen LogP contribution in [0.15, 0.2) is 113 Å².